The largest absolute Gasteiger partial charge is 0.493 e. The Bertz CT molecular complexity index is 1120. The lowest BCUT2D eigenvalue weighted by molar-refractivity contribution is -0.139. The maximum Gasteiger partial charge on any atom is 0.373 e. The number of amides is 2. The van der Waals surface area contributed by atoms with Crippen LogP contribution in [0.2, 0.25) is 0 Å². The highest BCUT2D eigenvalue weighted by Crippen LogP contribution is 2.38. The van der Waals surface area contributed by atoms with Gasteiger partial charge in [-0.15, -0.1) is 0 Å². The molecule has 0 bridgehead atoms. The number of esters is 1. The number of halogens is 1. The summed E-state index contributed by atoms with van der Waals surface area (Å²) < 4.78 is 20.8. The first-order chi connectivity index (χ1) is 15.2. The number of carboxylic acid groups (broad SMARTS) is 1. The van der Waals surface area contributed by atoms with E-state index in [0.717, 1.165) is 16.7 Å². The quantitative estimate of drug-likeness (QED) is 0.402. The molecule has 1 aromatic carbocycles. The normalized spacial score (nSPS) is 14.7. The van der Waals surface area contributed by atoms with Crippen LogP contribution in [-0.4, -0.2) is 53.9 Å². The highest BCUT2D eigenvalue weighted by atomic mass is 79.9. The summed E-state index contributed by atoms with van der Waals surface area (Å²) in [6, 6.07) is 5.93. The molecule has 1 saturated heterocycles. The van der Waals surface area contributed by atoms with Gasteiger partial charge in [-0.1, -0.05) is 15.9 Å². The molecular formula is C20H16BrNO9S. The first kappa shape index (κ1) is 23.4. The number of hydrogen-bond donors (Lipinski definition) is 1. The van der Waals surface area contributed by atoms with Crippen molar-refractivity contribution >= 4 is 56.9 Å². The molecule has 1 fully saturated rings. The minimum absolute atomic E-state index is 0.0359. The number of imide groups is 1. The minimum Gasteiger partial charge on any atom is -0.493 e. The Balaban J connectivity index is 1.81. The van der Waals surface area contributed by atoms with Gasteiger partial charge < -0.3 is 23.7 Å². The summed E-state index contributed by atoms with van der Waals surface area (Å²) in [7, 11) is 2.60. The van der Waals surface area contributed by atoms with Crippen molar-refractivity contribution in [2.24, 2.45) is 0 Å². The number of carbonyl (C=O) groups excluding carboxylic acids is 3. The van der Waals surface area contributed by atoms with Gasteiger partial charge in [0, 0.05) is 4.47 Å². The third-order valence-corrected chi connectivity index (χ3v) is 5.75. The summed E-state index contributed by atoms with van der Waals surface area (Å²) >= 11 is 4.10. The van der Waals surface area contributed by atoms with Gasteiger partial charge in [0.2, 0.25) is 5.76 Å². The molecule has 10 nitrogen and oxygen atoms in total. The fraction of sp³-hybridized carbons (Fsp3) is 0.200. The number of nitrogens with zero attached hydrogens (tertiary/aromatic N) is 1. The van der Waals surface area contributed by atoms with E-state index in [4.69, 9.17) is 19.0 Å². The summed E-state index contributed by atoms with van der Waals surface area (Å²) in [5.74, 6) is -1.68. The van der Waals surface area contributed by atoms with E-state index in [2.05, 4.69) is 20.7 Å². The number of rotatable bonds is 8. The van der Waals surface area contributed by atoms with Gasteiger partial charge in [-0.05, 0) is 47.7 Å². The zero-order valence-corrected chi connectivity index (χ0v) is 19.2. The number of carboxylic acids is 1. The molecule has 0 radical (unpaired) electrons. The van der Waals surface area contributed by atoms with Crippen molar-refractivity contribution in [2.75, 3.05) is 20.8 Å². The van der Waals surface area contributed by atoms with E-state index in [1.54, 1.807) is 6.07 Å². The number of furan rings is 1. The van der Waals surface area contributed by atoms with E-state index >= 15 is 0 Å². The van der Waals surface area contributed by atoms with Crippen molar-refractivity contribution in [2.45, 2.75) is 6.54 Å². The topological polar surface area (TPSA) is 133 Å². The Hall–Kier alpha value is -3.25. The molecule has 0 aliphatic carbocycles. The summed E-state index contributed by atoms with van der Waals surface area (Å²) in [6.45, 7) is -0.697. The maximum atomic E-state index is 12.8. The van der Waals surface area contributed by atoms with Crippen molar-refractivity contribution < 1.29 is 42.9 Å². The first-order valence-electron chi connectivity index (χ1n) is 8.88. The Kier molecular flexibility index (Phi) is 7.26. The summed E-state index contributed by atoms with van der Waals surface area (Å²) in [6.07, 6.45) is 1.50. The van der Waals surface area contributed by atoms with Gasteiger partial charge in [-0.2, -0.15) is 0 Å². The van der Waals surface area contributed by atoms with Crippen LogP contribution in [0, 0.1) is 0 Å². The van der Waals surface area contributed by atoms with Gasteiger partial charge >= 0.3 is 11.9 Å². The van der Waals surface area contributed by atoms with Gasteiger partial charge in [0.1, 0.15) is 5.76 Å². The van der Waals surface area contributed by atoms with E-state index in [1.807, 2.05) is 0 Å². The molecule has 1 N–H and O–H groups in total. The van der Waals surface area contributed by atoms with Crippen molar-refractivity contribution in [3.05, 3.63) is 50.7 Å². The first-order valence-corrected chi connectivity index (χ1v) is 10.5. The smallest absolute Gasteiger partial charge is 0.373 e. The minimum atomic E-state index is -1.14. The van der Waals surface area contributed by atoms with Crippen LogP contribution < -0.4 is 9.47 Å². The predicted molar refractivity (Wildman–Crippen MR) is 115 cm³/mol. The Morgan fingerprint density at radius 2 is 1.97 bits per heavy atom. The fourth-order valence-corrected chi connectivity index (χ4v) is 3.95. The van der Waals surface area contributed by atoms with Crippen molar-refractivity contribution in [1.29, 1.82) is 0 Å². The molecule has 1 aliphatic rings. The lowest BCUT2D eigenvalue weighted by Gasteiger charge is -2.12. The molecule has 2 amide bonds. The molecule has 0 unspecified atom stereocenters. The van der Waals surface area contributed by atoms with Crippen LogP contribution in [0.5, 0.6) is 11.5 Å². The highest BCUT2D eigenvalue weighted by Gasteiger charge is 2.36. The van der Waals surface area contributed by atoms with Crippen LogP contribution in [0.25, 0.3) is 6.08 Å². The lowest BCUT2D eigenvalue weighted by Crippen LogP contribution is -2.27. The molecule has 2 heterocycles. The van der Waals surface area contributed by atoms with Gasteiger partial charge in [0.25, 0.3) is 11.1 Å². The van der Waals surface area contributed by atoms with Gasteiger partial charge in [0.05, 0.1) is 25.7 Å². The average Bonchev–Trinajstić information content (AvgIpc) is 3.33. The second-order valence-corrected chi connectivity index (χ2v) is 8.08. The standard InChI is InChI=1S/C20H16BrNO9S/c1-28-14-5-10(12(21)7-15(14)30-9-17(23)24)6-16-18(25)22(20(27)32-16)8-11-3-4-13(31-11)19(26)29-2/h3-7H,8-9H2,1-2H3,(H,23,24)/b16-6+. The number of hydrogen-bond acceptors (Lipinski definition) is 9. The van der Waals surface area contributed by atoms with Crippen LogP contribution in [0.3, 0.4) is 0 Å². The number of benzene rings is 1. The fourth-order valence-electron chi connectivity index (χ4n) is 2.68. The third kappa shape index (κ3) is 5.14. The molecule has 32 heavy (non-hydrogen) atoms. The summed E-state index contributed by atoms with van der Waals surface area (Å²) in [5, 5.41) is 8.29. The number of carbonyl (C=O) groups is 4. The highest BCUT2D eigenvalue weighted by molar-refractivity contribution is 9.10. The molecule has 168 valence electrons. The van der Waals surface area contributed by atoms with E-state index < -0.39 is 29.7 Å². The third-order valence-electron chi connectivity index (χ3n) is 4.16. The molecule has 0 saturated carbocycles. The monoisotopic (exact) mass is 525 g/mol. The number of thioether (sulfide) groups is 1. The zero-order valence-electron chi connectivity index (χ0n) is 16.7. The van der Waals surface area contributed by atoms with Crippen LogP contribution in [0.4, 0.5) is 4.79 Å². The molecular weight excluding hydrogens is 510 g/mol. The van der Waals surface area contributed by atoms with Gasteiger partial charge in [0.15, 0.2) is 18.1 Å². The van der Waals surface area contributed by atoms with Crippen LogP contribution in [0.1, 0.15) is 21.9 Å². The molecule has 2 aromatic rings. The molecule has 0 spiro atoms. The van der Waals surface area contributed by atoms with Crippen molar-refractivity contribution in [3.63, 3.8) is 0 Å². The van der Waals surface area contributed by atoms with E-state index in [0.29, 0.717) is 10.0 Å². The average molecular weight is 526 g/mol. The number of ether oxygens (including phenoxy) is 3. The SMILES string of the molecule is COC(=O)c1ccc(CN2C(=O)S/C(=C/c3cc(OC)c(OCC(=O)O)cc3Br)C2=O)o1. The lowest BCUT2D eigenvalue weighted by atomic mass is 10.2. The Labute approximate surface area is 194 Å². The summed E-state index contributed by atoms with van der Waals surface area (Å²) in [4.78, 5) is 48.6. The second-order valence-electron chi connectivity index (χ2n) is 6.23. The molecule has 0 atom stereocenters. The van der Waals surface area contributed by atoms with Gasteiger partial charge in [-0.3, -0.25) is 14.5 Å². The van der Waals surface area contributed by atoms with E-state index in [9.17, 15) is 19.2 Å². The predicted octanol–water partition coefficient (Wildman–Crippen LogP) is 3.54. The summed E-state index contributed by atoms with van der Waals surface area (Å²) in [5.41, 5.74) is 0.515. The molecule has 1 aromatic heterocycles. The Morgan fingerprint density at radius 1 is 1.22 bits per heavy atom. The van der Waals surface area contributed by atoms with E-state index in [1.165, 1.54) is 38.5 Å². The van der Waals surface area contributed by atoms with Crippen LogP contribution in [0.15, 0.2) is 38.1 Å². The molecule has 12 heteroatoms. The maximum absolute atomic E-state index is 12.8. The van der Waals surface area contributed by atoms with Crippen molar-refractivity contribution in [1.82, 2.24) is 4.90 Å². The van der Waals surface area contributed by atoms with Crippen LogP contribution >= 0.6 is 27.7 Å². The number of aliphatic carboxylic acids is 1. The number of methoxy groups -OCH3 is 2. The second kappa shape index (κ2) is 9.92. The Morgan fingerprint density at radius 3 is 2.62 bits per heavy atom. The van der Waals surface area contributed by atoms with E-state index in [-0.39, 0.29) is 34.5 Å². The van der Waals surface area contributed by atoms with Gasteiger partial charge in [-0.25, -0.2) is 9.59 Å². The van der Waals surface area contributed by atoms with Crippen molar-refractivity contribution in [3.8, 4) is 11.5 Å². The zero-order chi connectivity index (χ0) is 23.4. The van der Waals surface area contributed by atoms with Crippen LogP contribution in [-0.2, 0) is 20.9 Å². The molecule has 1 aliphatic heterocycles. The molecule has 3 rings (SSSR count).